The normalized spacial score (nSPS) is 26.2. The van der Waals surface area contributed by atoms with Crippen LogP contribution in [0.1, 0.15) is 24.8 Å². The van der Waals surface area contributed by atoms with E-state index < -0.39 is 0 Å². The maximum atomic E-state index is 5.58. The first kappa shape index (κ1) is 10.0. The van der Waals surface area contributed by atoms with Crippen molar-refractivity contribution < 1.29 is 4.74 Å². The fraction of sp³-hybridized carbons (Fsp3) is 0.800. The first-order valence-electron chi connectivity index (χ1n) is 5.93. The molecule has 0 amide bonds. The van der Waals surface area contributed by atoms with Gasteiger partial charge in [-0.1, -0.05) is 0 Å². The average Bonchev–Trinajstić information content (AvgIpc) is 3.01. The minimum absolute atomic E-state index is 0.129. The Balaban J connectivity index is 1.71. The molecule has 2 aliphatic heterocycles. The van der Waals surface area contributed by atoms with Crippen molar-refractivity contribution in [3.63, 3.8) is 0 Å². The van der Waals surface area contributed by atoms with Crippen molar-refractivity contribution in [2.45, 2.75) is 18.9 Å². The molecule has 2 saturated heterocycles. The van der Waals surface area contributed by atoms with E-state index in [1.807, 2.05) is 0 Å². The molecule has 0 bridgehead atoms. The number of hydrogen-bond acceptors (Lipinski definition) is 5. The summed E-state index contributed by atoms with van der Waals surface area (Å²) >= 11 is 0. The molecule has 2 N–H and O–H groups in total. The van der Waals surface area contributed by atoms with Crippen LogP contribution in [0.2, 0.25) is 0 Å². The molecule has 88 valence electrons. The topological polar surface area (TPSA) is 66.1 Å². The van der Waals surface area contributed by atoms with Gasteiger partial charge < -0.3 is 15.0 Å². The van der Waals surface area contributed by atoms with Crippen LogP contribution in [0.15, 0.2) is 0 Å². The lowest BCUT2D eigenvalue weighted by atomic mass is 10.2. The van der Waals surface area contributed by atoms with Gasteiger partial charge in [-0.25, -0.2) is 0 Å². The van der Waals surface area contributed by atoms with Crippen molar-refractivity contribution in [1.82, 2.24) is 20.5 Å². The quantitative estimate of drug-likeness (QED) is 0.742. The number of H-pyrrole nitrogens is 1. The molecule has 0 aromatic carbocycles. The molecular formula is C10H17N5O. The van der Waals surface area contributed by atoms with Gasteiger partial charge in [0.1, 0.15) is 6.10 Å². The number of nitrogens with one attached hydrogen (secondary N) is 2. The van der Waals surface area contributed by atoms with Crippen molar-refractivity contribution in [3.8, 4) is 0 Å². The SMILES string of the molecule is C1COC(c2nc(N3CCNCC3)n[nH]2)C1. The number of ether oxygens (including phenoxy) is 1. The van der Waals surface area contributed by atoms with E-state index in [0.29, 0.717) is 0 Å². The predicted molar refractivity (Wildman–Crippen MR) is 59.4 cm³/mol. The third-order valence-corrected chi connectivity index (χ3v) is 3.13. The number of hydrogen-bond donors (Lipinski definition) is 2. The van der Waals surface area contributed by atoms with Crippen LogP contribution in [0.3, 0.4) is 0 Å². The molecule has 0 aliphatic carbocycles. The van der Waals surface area contributed by atoms with Gasteiger partial charge in [0.05, 0.1) is 0 Å². The third-order valence-electron chi connectivity index (χ3n) is 3.13. The molecule has 3 rings (SSSR count). The van der Waals surface area contributed by atoms with Gasteiger partial charge in [-0.2, -0.15) is 4.98 Å². The third kappa shape index (κ3) is 1.90. The number of anilines is 1. The minimum atomic E-state index is 0.129. The van der Waals surface area contributed by atoms with Gasteiger partial charge in [0, 0.05) is 32.8 Å². The Morgan fingerprint density at radius 3 is 2.94 bits per heavy atom. The van der Waals surface area contributed by atoms with Crippen LogP contribution < -0.4 is 10.2 Å². The van der Waals surface area contributed by atoms with Crippen LogP contribution in [0.25, 0.3) is 0 Å². The van der Waals surface area contributed by atoms with Crippen molar-refractivity contribution in [2.75, 3.05) is 37.7 Å². The summed E-state index contributed by atoms with van der Waals surface area (Å²) in [5.74, 6) is 1.69. The number of aromatic nitrogens is 3. The molecule has 0 radical (unpaired) electrons. The van der Waals surface area contributed by atoms with Gasteiger partial charge in [-0.15, -0.1) is 5.10 Å². The molecule has 3 heterocycles. The van der Waals surface area contributed by atoms with E-state index in [-0.39, 0.29) is 6.10 Å². The van der Waals surface area contributed by atoms with Gasteiger partial charge in [-0.3, -0.25) is 5.10 Å². The summed E-state index contributed by atoms with van der Waals surface area (Å²) in [6, 6.07) is 0. The van der Waals surface area contributed by atoms with Gasteiger partial charge >= 0.3 is 0 Å². The van der Waals surface area contributed by atoms with E-state index in [9.17, 15) is 0 Å². The summed E-state index contributed by atoms with van der Waals surface area (Å²) < 4.78 is 5.58. The zero-order valence-electron chi connectivity index (χ0n) is 9.28. The highest BCUT2D eigenvalue weighted by atomic mass is 16.5. The highest BCUT2D eigenvalue weighted by molar-refractivity contribution is 5.29. The average molecular weight is 223 g/mol. The highest BCUT2D eigenvalue weighted by Crippen LogP contribution is 2.26. The Hall–Kier alpha value is -1.14. The van der Waals surface area contributed by atoms with Crippen molar-refractivity contribution in [2.24, 2.45) is 0 Å². The summed E-state index contributed by atoms with van der Waals surface area (Å²) in [7, 11) is 0. The van der Waals surface area contributed by atoms with Gasteiger partial charge in [0.15, 0.2) is 5.82 Å². The van der Waals surface area contributed by atoms with Gasteiger partial charge in [0.2, 0.25) is 5.95 Å². The second kappa shape index (κ2) is 4.39. The Bertz CT molecular complexity index is 341. The molecule has 6 nitrogen and oxygen atoms in total. The van der Waals surface area contributed by atoms with Crippen molar-refractivity contribution in [1.29, 1.82) is 0 Å². The number of aromatic amines is 1. The minimum Gasteiger partial charge on any atom is -0.370 e. The van der Waals surface area contributed by atoms with Crippen LogP contribution >= 0.6 is 0 Å². The standard InChI is InChI=1S/C10H17N5O/c1-2-8(16-7-1)9-12-10(14-13-9)15-5-3-11-4-6-15/h8,11H,1-7H2,(H,12,13,14). The Morgan fingerprint density at radius 1 is 1.31 bits per heavy atom. The van der Waals surface area contributed by atoms with Crippen molar-refractivity contribution in [3.05, 3.63) is 5.82 Å². The molecule has 1 atom stereocenters. The lowest BCUT2D eigenvalue weighted by molar-refractivity contribution is 0.105. The first-order valence-corrected chi connectivity index (χ1v) is 5.93. The number of rotatable bonds is 2. The predicted octanol–water partition coefficient (Wildman–Crippen LogP) is 0.0658. The van der Waals surface area contributed by atoms with E-state index in [1.165, 1.54) is 0 Å². The summed E-state index contributed by atoms with van der Waals surface area (Å²) in [5, 5.41) is 10.6. The van der Waals surface area contributed by atoms with E-state index in [4.69, 9.17) is 4.74 Å². The van der Waals surface area contributed by atoms with Crippen LogP contribution in [0.4, 0.5) is 5.95 Å². The van der Waals surface area contributed by atoms with Gasteiger partial charge in [0.25, 0.3) is 0 Å². The molecule has 1 aromatic rings. The molecule has 0 saturated carbocycles. The van der Waals surface area contributed by atoms with Crippen LogP contribution in [0, 0.1) is 0 Å². The zero-order valence-corrected chi connectivity index (χ0v) is 9.28. The van der Waals surface area contributed by atoms with E-state index in [2.05, 4.69) is 25.4 Å². The largest absolute Gasteiger partial charge is 0.370 e. The summed E-state index contributed by atoms with van der Waals surface area (Å²) in [4.78, 5) is 6.72. The molecule has 1 unspecified atom stereocenters. The maximum Gasteiger partial charge on any atom is 0.244 e. The Labute approximate surface area is 94.4 Å². The van der Waals surface area contributed by atoms with E-state index in [1.54, 1.807) is 0 Å². The summed E-state index contributed by atoms with van der Waals surface area (Å²) in [5.41, 5.74) is 0. The molecule has 1 aromatic heterocycles. The fourth-order valence-corrected chi connectivity index (χ4v) is 2.21. The van der Waals surface area contributed by atoms with Crippen LogP contribution in [-0.4, -0.2) is 48.0 Å². The first-order chi connectivity index (χ1) is 7.93. The number of piperazine rings is 1. The molecular weight excluding hydrogens is 206 g/mol. The Morgan fingerprint density at radius 2 is 2.19 bits per heavy atom. The maximum absolute atomic E-state index is 5.58. The summed E-state index contributed by atoms with van der Waals surface area (Å²) in [6.07, 6.45) is 2.30. The monoisotopic (exact) mass is 223 g/mol. The van der Waals surface area contributed by atoms with Crippen LogP contribution in [-0.2, 0) is 4.74 Å². The lowest BCUT2D eigenvalue weighted by Gasteiger charge is -2.25. The second-order valence-corrected chi connectivity index (χ2v) is 4.26. The zero-order chi connectivity index (χ0) is 10.8. The molecule has 6 heteroatoms. The molecule has 2 aliphatic rings. The molecule has 0 spiro atoms. The number of nitrogens with zero attached hydrogens (tertiary/aromatic N) is 3. The Kier molecular flexibility index (Phi) is 2.75. The molecule has 16 heavy (non-hydrogen) atoms. The van der Waals surface area contributed by atoms with E-state index in [0.717, 1.165) is 57.4 Å². The summed E-state index contributed by atoms with van der Waals surface area (Å²) in [6.45, 7) is 4.80. The lowest BCUT2D eigenvalue weighted by Crippen LogP contribution is -2.44. The smallest absolute Gasteiger partial charge is 0.244 e. The second-order valence-electron chi connectivity index (χ2n) is 4.26. The van der Waals surface area contributed by atoms with Crippen LogP contribution in [0.5, 0.6) is 0 Å². The highest BCUT2D eigenvalue weighted by Gasteiger charge is 2.23. The fourth-order valence-electron chi connectivity index (χ4n) is 2.21. The van der Waals surface area contributed by atoms with Crippen molar-refractivity contribution >= 4 is 5.95 Å². The van der Waals surface area contributed by atoms with E-state index >= 15 is 0 Å². The van der Waals surface area contributed by atoms with Gasteiger partial charge in [-0.05, 0) is 12.8 Å². The molecule has 2 fully saturated rings.